The minimum Gasteiger partial charge on any atom is -0.303 e. The first-order valence-electron chi connectivity index (χ1n) is 7.45. The number of rotatable bonds is 12. The van der Waals surface area contributed by atoms with E-state index in [4.69, 9.17) is 0 Å². The van der Waals surface area contributed by atoms with Gasteiger partial charge in [-0.25, -0.2) is 0 Å². The van der Waals surface area contributed by atoms with Gasteiger partial charge in [0.2, 0.25) is 0 Å². The van der Waals surface area contributed by atoms with Crippen molar-refractivity contribution in [1.29, 1.82) is 0 Å². The van der Waals surface area contributed by atoms with E-state index >= 15 is 0 Å². The minimum atomic E-state index is 0.251. The Morgan fingerprint density at radius 3 is 2.24 bits per heavy atom. The Hall–Kier alpha value is -0.590. The SMILES string of the molecule is CCCCCCCC/C=C/CC(C=O)CCC. The molecule has 0 saturated carbocycles. The normalized spacial score (nSPS) is 13.1. The molecule has 0 aromatic heterocycles. The van der Waals surface area contributed by atoms with Crippen molar-refractivity contribution in [3.05, 3.63) is 12.2 Å². The Balaban J connectivity index is 3.32. The van der Waals surface area contributed by atoms with Crippen molar-refractivity contribution in [3.63, 3.8) is 0 Å². The van der Waals surface area contributed by atoms with E-state index in [0.29, 0.717) is 0 Å². The van der Waals surface area contributed by atoms with Crippen LogP contribution in [0.3, 0.4) is 0 Å². The van der Waals surface area contributed by atoms with Crippen LogP contribution in [0, 0.1) is 5.92 Å². The van der Waals surface area contributed by atoms with Crippen molar-refractivity contribution < 1.29 is 4.79 Å². The third-order valence-electron chi connectivity index (χ3n) is 3.18. The molecular formula is C16H30O. The number of carbonyl (C=O) groups excluding carboxylic acids is 1. The van der Waals surface area contributed by atoms with Crippen LogP contribution in [0.15, 0.2) is 12.2 Å². The molecule has 0 aliphatic carbocycles. The minimum absolute atomic E-state index is 0.251. The second kappa shape index (κ2) is 13.5. The van der Waals surface area contributed by atoms with Gasteiger partial charge in [0, 0.05) is 5.92 Å². The summed E-state index contributed by atoms with van der Waals surface area (Å²) in [6, 6.07) is 0. The summed E-state index contributed by atoms with van der Waals surface area (Å²) in [6.07, 6.45) is 18.0. The third-order valence-corrected chi connectivity index (χ3v) is 3.18. The second-order valence-electron chi connectivity index (χ2n) is 4.95. The van der Waals surface area contributed by atoms with Gasteiger partial charge in [-0.2, -0.15) is 0 Å². The number of hydrogen-bond donors (Lipinski definition) is 0. The lowest BCUT2D eigenvalue weighted by Gasteiger charge is -2.03. The Labute approximate surface area is 108 Å². The van der Waals surface area contributed by atoms with Crippen molar-refractivity contribution in [2.75, 3.05) is 0 Å². The Morgan fingerprint density at radius 2 is 1.59 bits per heavy atom. The molecule has 0 fully saturated rings. The predicted octanol–water partition coefficient (Wildman–Crippen LogP) is 5.30. The van der Waals surface area contributed by atoms with Crippen molar-refractivity contribution in [3.8, 4) is 0 Å². The zero-order chi connectivity index (χ0) is 12.8. The lowest BCUT2D eigenvalue weighted by molar-refractivity contribution is -0.111. The van der Waals surface area contributed by atoms with Gasteiger partial charge in [-0.1, -0.05) is 64.5 Å². The first-order valence-corrected chi connectivity index (χ1v) is 7.45. The summed E-state index contributed by atoms with van der Waals surface area (Å²) in [7, 11) is 0. The van der Waals surface area contributed by atoms with Crippen molar-refractivity contribution in [2.24, 2.45) is 5.92 Å². The maximum absolute atomic E-state index is 10.7. The fourth-order valence-electron chi connectivity index (χ4n) is 2.04. The van der Waals surface area contributed by atoms with Gasteiger partial charge < -0.3 is 4.79 Å². The third kappa shape index (κ3) is 11.7. The average Bonchev–Trinajstić information content (AvgIpc) is 2.35. The Kier molecular flexibility index (Phi) is 13.0. The molecule has 0 aromatic rings. The molecule has 0 heterocycles. The molecule has 1 heteroatoms. The van der Waals surface area contributed by atoms with Crippen LogP contribution in [0.25, 0.3) is 0 Å². The summed E-state index contributed by atoms with van der Waals surface area (Å²) in [5.74, 6) is 0.251. The standard InChI is InChI=1S/C16H30O/c1-3-5-6-7-8-9-10-11-12-14-16(15-17)13-4-2/h11-12,15-16H,3-10,13-14H2,1-2H3/b12-11+. The molecule has 0 aromatic carbocycles. The van der Waals surface area contributed by atoms with Crippen LogP contribution >= 0.6 is 0 Å². The quantitative estimate of drug-likeness (QED) is 0.256. The maximum Gasteiger partial charge on any atom is 0.123 e. The fraction of sp³-hybridized carbons (Fsp3) is 0.812. The molecule has 0 amide bonds. The number of unbranched alkanes of at least 4 members (excludes halogenated alkanes) is 6. The highest BCUT2D eigenvalue weighted by molar-refractivity contribution is 5.53. The highest BCUT2D eigenvalue weighted by atomic mass is 16.1. The van der Waals surface area contributed by atoms with E-state index in [-0.39, 0.29) is 5.92 Å². The smallest absolute Gasteiger partial charge is 0.123 e. The van der Waals surface area contributed by atoms with Gasteiger partial charge in [-0.3, -0.25) is 0 Å². The molecule has 1 nitrogen and oxygen atoms in total. The van der Waals surface area contributed by atoms with E-state index < -0.39 is 0 Å². The van der Waals surface area contributed by atoms with Crippen LogP contribution in [0.1, 0.15) is 78.1 Å². The highest BCUT2D eigenvalue weighted by Crippen LogP contribution is 2.10. The second-order valence-corrected chi connectivity index (χ2v) is 4.95. The molecule has 17 heavy (non-hydrogen) atoms. The molecule has 0 aliphatic heterocycles. The van der Waals surface area contributed by atoms with E-state index in [0.717, 1.165) is 25.5 Å². The van der Waals surface area contributed by atoms with Crippen LogP contribution in [0.2, 0.25) is 0 Å². The summed E-state index contributed by atoms with van der Waals surface area (Å²) in [5.41, 5.74) is 0. The van der Waals surface area contributed by atoms with Gasteiger partial charge in [0.05, 0.1) is 0 Å². The summed E-state index contributed by atoms with van der Waals surface area (Å²) < 4.78 is 0. The highest BCUT2D eigenvalue weighted by Gasteiger charge is 2.02. The molecule has 0 N–H and O–H groups in total. The van der Waals surface area contributed by atoms with E-state index in [9.17, 15) is 4.79 Å². The Bertz CT molecular complexity index is 184. The summed E-state index contributed by atoms with van der Waals surface area (Å²) in [5, 5.41) is 0. The number of aldehydes is 1. The molecule has 1 atom stereocenters. The van der Waals surface area contributed by atoms with E-state index in [1.165, 1.54) is 44.9 Å². The summed E-state index contributed by atoms with van der Waals surface area (Å²) >= 11 is 0. The van der Waals surface area contributed by atoms with Gasteiger partial charge in [-0.15, -0.1) is 0 Å². The number of allylic oxidation sites excluding steroid dienone is 2. The van der Waals surface area contributed by atoms with Crippen molar-refractivity contribution >= 4 is 6.29 Å². The molecule has 100 valence electrons. The lowest BCUT2D eigenvalue weighted by atomic mass is 10.0. The zero-order valence-corrected chi connectivity index (χ0v) is 11.8. The van der Waals surface area contributed by atoms with Crippen LogP contribution in [0.4, 0.5) is 0 Å². The molecule has 0 radical (unpaired) electrons. The lowest BCUT2D eigenvalue weighted by Crippen LogP contribution is -1.99. The zero-order valence-electron chi connectivity index (χ0n) is 11.8. The fourth-order valence-corrected chi connectivity index (χ4v) is 2.04. The first kappa shape index (κ1) is 16.4. The van der Waals surface area contributed by atoms with E-state index in [2.05, 4.69) is 26.0 Å². The molecule has 0 aliphatic rings. The van der Waals surface area contributed by atoms with E-state index in [1.807, 2.05) is 0 Å². The van der Waals surface area contributed by atoms with Crippen molar-refractivity contribution in [1.82, 2.24) is 0 Å². The van der Waals surface area contributed by atoms with Gasteiger partial charge in [0.25, 0.3) is 0 Å². The maximum atomic E-state index is 10.7. The van der Waals surface area contributed by atoms with Gasteiger partial charge in [0.15, 0.2) is 0 Å². The molecule has 0 saturated heterocycles. The van der Waals surface area contributed by atoms with Crippen LogP contribution in [0.5, 0.6) is 0 Å². The average molecular weight is 238 g/mol. The molecule has 1 unspecified atom stereocenters. The topological polar surface area (TPSA) is 17.1 Å². The molecule has 0 spiro atoms. The van der Waals surface area contributed by atoms with Crippen LogP contribution in [-0.2, 0) is 4.79 Å². The Morgan fingerprint density at radius 1 is 0.882 bits per heavy atom. The summed E-state index contributed by atoms with van der Waals surface area (Å²) in [6.45, 7) is 4.39. The largest absolute Gasteiger partial charge is 0.303 e. The van der Waals surface area contributed by atoms with Gasteiger partial charge >= 0.3 is 0 Å². The van der Waals surface area contributed by atoms with Crippen LogP contribution < -0.4 is 0 Å². The number of carbonyl (C=O) groups is 1. The van der Waals surface area contributed by atoms with Crippen LogP contribution in [-0.4, -0.2) is 6.29 Å². The van der Waals surface area contributed by atoms with Gasteiger partial charge in [-0.05, 0) is 25.7 Å². The molecule has 0 bridgehead atoms. The first-order chi connectivity index (χ1) is 8.35. The molecular weight excluding hydrogens is 208 g/mol. The molecule has 0 rings (SSSR count). The predicted molar refractivity (Wildman–Crippen MR) is 76.2 cm³/mol. The monoisotopic (exact) mass is 238 g/mol. The summed E-state index contributed by atoms with van der Waals surface area (Å²) in [4.78, 5) is 10.7. The van der Waals surface area contributed by atoms with Gasteiger partial charge in [0.1, 0.15) is 6.29 Å². The van der Waals surface area contributed by atoms with Crippen molar-refractivity contribution in [2.45, 2.75) is 78.1 Å². The number of hydrogen-bond acceptors (Lipinski definition) is 1. The van der Waals surface area contributed by atoms with E-state index in [1.54, 1.807) is 0 Å².